The molecule has 0 heterocycles. The Morgan fingerprint density at radius 1 is 0.354 bits per heavy atom. The molecule has 4 nitrogen and oxygen atoms in total. The van der Waals surface area contributed by atoms with E-state index in [0.29, 0.717) is 12.8 Å². The molecule has 2 N–H and O–H groups in total. The average molecular weight is 715 g/mol. The van der Waals surface area contributed by atoms with Crippen LogP contribution in [0.25, 0.3) is 0 Å². The van der Waals surface area contributed by atoms with Crippen LogP contribution in [0, 0.1) is 0 Å². The summed E-state index contributed by atoms with van der Waals surface area (Å²) in [6.07, 6.45) is 42.8. The van der Waals surface area contributed by atoms with Crippen LogP contribution in [-0.2, 0) is 9.59 Å². The van der Waals surface area contributed by atoms with Crippen LogP contribution in [0.1, 0.15) is 246 Å². The van der Waals surface area contributed by atoms with Gasteiger partial charge in [0.1, 0.15) is 9.49 Å². The molecule has 0 aliphatic carbocycles. The van der Waals surface area contributed by atoms with Crippen molar-refractivity contribution < 1.29 is 19.8 Å². The number of aliphatic carboxylic acids is 2. The molecule has 0 aromatic rings. The van der Waals surface area contributed by atoms with Gasteiger partial charge in [-0.15, -0.1) is 0 Å². The van der Waals surface area contributed by atoms with E-state index in [1.54, 1.807) is 13.8 Å². The van der Waals surface area contributed by atoms with E-state index in [4.69, 9.17) is 0 Å². The Labute approximate surface area is 307 Å². The van der Waals surface area contributed by atoms with Gasteiger partial charge in [0.25, 0.3) is 0 Å². The fourth-order valence-corrected chi connectivity index (χ4v) is 9.57. The largest absolute Gasteiger partial charge is 0.480 e. The zero-order valence-corrected chi connectivity index (χ0v) is 34.2. The van der Waals surface area contributed by atoms with Crippen molar-refractivity contribution in [3.8, 4) is 0 Å². The molecule has 6 heteroatoms. The highest BCUT2D eigenvalue weighted by atomic mass is 33.1. The number of carboxylic acids is 2. The number of rotatable bonds is 39. The van der Waals surface area contributed by atoms with Gasteiger partial charge in [-0.2, -0.15) is 0 Å². The smallest absolute Gasteiger partial charge is 0.320 e. The lowest BCUT2D eigenvalue weighted by Gasteiger charge is -2.29. The summed E-state index contributed by atoms with van der Waals surface area (Å²) in [6.45, 7) is 8.12. The molecule has 0 rings (SSSR count). The van der Waals surface area contributed by atoms with Gasteiger partial charge in [0, 0.05) is 0 Å². The van der Waals surface area contributed by atoms with Crippen molar-refractivity contribution in [1.82, 2.24) is 0 Å². The lowest BCUT2D eigenvalue weighted by molar-refractivity contribution is -0.140. The number of hydrogen-bond acceptors (Lipinski definition) is 4. The van der Waals surface area contributed by atoms with Gasteiger partial charge in [0.15, 0.2) is 0 Å². The third kappa shape index (κ3) is 28.3. The highest BCUT2D eigenvalue weighted by molar-refractivity contribution is 8.78. The Kier molecular flexibility index (Phi) is 33.5. The third-order valence-electron chi connectivity index (χ3n) is 10.3. The number of carboxylic acid groups (broad SMARTS) is 2. The van der Waals surface area contributed by atoms with E-state index in [9.17, 15) is 19.8 Å². The van der Waals surface area contributed by atoms with Gasteiger partial charge in [-0.1, -0.05) is 241 Å². The van der Waals surface area contributed by atoms with Crippen LogP contribution in [0.5, 0.6) is 0 Å². The van der Waals surface area contributed by atoms with Crippen LogP contribution in [-0.4, -0.2) is 31.6 Å². The van der Waals surface area contributed by atoms with E-state index >= 15 is 0 Å². The Morgan fingerprint density at radius 2 is 0.521 bits per heavy atom. The average Bonchev–Trinajstić information content (AvgIpc) is 3.06. The predicted molar refractivity (Wildman–Crippen MR) is 216 cm³/mol. The second-order valence-electron chi connectivity index (χ2n) is 15.3. The van der Waals surface area contributed by atoms with Crippen LogP contribution in [0.2, 0.25) is 0 Å². The molecule has 0 amide bonds. The molecular formula is C42H82O4S2. The fourth-order valence-electron chi connectivity index (χ4n) is 6.57. The summed E-state index contributed by atoms with van der Waals surface area (Å²) < 4.78 is -1.90. The van der Waals surface area contributed by atoms with Crippen molar-refractivity contribution in [2.45, 2.75) is 255 Å². The molecule has 48 heavy (non-hydrogen) atoms. The summed E-state index contributed by atoms with van der Waals surface area (Å²) in [5.74, 6) is -1.65. The molecule has 0 aromatic heterocycles. The minimum Gasteiger partial charge on any atom is -0.480 e. The van der Waals surface area contributed by atoms with Gasteiger partial charge in [-0.05, 0) is 26.7 Å². The zero-order valence-electron chi connectivity index (χ0n) is 32.6. The van der Waals surface area contributed by atoms with Gasteiger partial charge >= 0.3 is 11.9 Å². The van der Waals surface area contributed by atoms with Crippen LogP contribution in [0.3, 0.4) is 0 Å². The highest BCUT2D eigenvalue weighted by Crippen LogP contribution is 2.48. The van der Waals surface area contributed by atoms with Crippen molar-refractivity contribution >= 4 is 33.5 Å². The summed E-state index contributed by atoms with van der Waals surface area (Å²) in [6, 6.07) is 0. The quantitative estimate of drug-likeness (QED) is 0.0488. The first-order chi connectivity index (χ1) is 23.2. The number of unbranched alkanes of at least 4 members (excludes halogenated alkanes) is 30. The predicted octanol–water partition coefficient (Wildman–Crippen LogP) is 15.4. The summed E-state index contributed by atoms with van der Waals surface area (Å²) >= 11 is 0. The molecule has 2 unspecified atom stereocenters. The third-order valence-corrected chi connectivity index (χ3v) is 14.4. The highest BCUT2D eigenvalue weighted by Gasteiger charge is 2.40. The van der Waals surface area contributed by atoms with E-state index in [0.717, 1.165) is 38.5 Å². The molecule has 0 aromatic carbocycles. The van der Waals surface area contributed by atoms with Crippen molar-refractivity contribution in [1.29, 1.82) is 0 Å². The minimum absolute atomic E-state index is 0.590. The van der Waals surface area contributed by atoms with E-state index in [1.807, 2.05) is 0 Å². The van der Waals surface area contributed by atoms with Crippen LogP contribution >= 0.6 is 21.6 Å². The molecule has 0 bridgehead atoms. The summed E-state index contributed by atoms with van der Waals surface area (Å²) in [5.41, 5.74) is 0. The van der Waals surface area contributed by atoms with Crippen molar-refractivity contribution in [2.75, 3.05) is 0 Å². The minimum atomic E-state index is -0.952. The first kappa shape index (κ1) is 47.6. The summed E-state index contributed by atoms with van der Waals surface area (Å²) in [5, 5.41) is 20.1. The summed E-state index contributed by atoms with van der Waals surface area (Å²) in [4.78, 5) is 24.5. The Balaban J connectivity index is 3.98. The molecule has 0 saturated carbocycles. The maximum absolute atomic E-state index is 12.2. The maximum Gasteiger partial charge on any atom is 0.320 e. The fraction of sp³-hybridized carbons (Fsp3) is 0.952. The second-order valence-corrected chi connectivity index (χ2v) is 18.5. The Hall–Kier alpha value is -0.360. The van der Waals surface area contributed by atoms with Gasteiger partial charge in [-0.3, -0.25) is 9.59 Å². The number of carbonyl (C=O) groups is 2. The molecule has 0 spiro atoms. The summed E-state index contributed by atoms with van der Waals surface area (Å²) in [7, 11) is 2.56. The first-order valence-electron chi connectivity index (χ1n) is 21.1. The van der Waals surface area contributed by atoms with Crippen molar-refractivity contribution in [2.24, 2.45) is 0 Å². The Morgan fingerprint density at radius 3 is 0.688 bits per heavy atom. The van der Waals surface area contributed by atoms with E-state index < -0.39 is 21.4 Å². The molecule has 286 valence electrons. The first-order valence-corrected chi connectivity index (χ1v) is 23.2. The second kappa shape index (κ2) is 33.8. The lowest BCUT2D eigenvalue weighted by Crippen LogP contribution is -2.35. The van der Waals surface area contributed by atoms with Gasteiger partial charge < -0.3 is 10.2 Å². The number of hydrogen-bond donors (Lipinski definition) is 2. The molecule has 0 saturated heterocycles. The van der Waals surface area contributed by atoms with Crippen LogP contribution in [0.15, 0.2) is 0 Å². The van der Waals surface area contributed by atoms with Crippen molar-refractivity contribution in [3.05, 3.63) is 0 Å². The van der Waals surface area contributed by atoms with Gasteiger partial charge in [-0.25, -0.2) is 0 Å². The van der Waals surface area contributed by atoms with Crippen LogP contribution in [0.4, 0.5) is 0 Å². The SMILES string of the molecule is CCCCCCCCCCCCCCCCCCC(C)(SSC(C)(CCCCCCCCCCCCCCCCCC)C(=O)O)C(=O)O. The molecule has 0 fully saturated rings. The molecule has 0 aliphatic rings. The molecule has 2 atom stereocenters. The maximum atomic E-state index is 12.2. The molecular weight excluding hydrogens is 633 g/mol. The van der Waals surface area contributed by atoms with Crippen molar-refractivity contribution in [3.63, 3.8) is 0 Å². The standard InChI is InChI=1S/C42H82O4S2/c1-5-7-9-11-13-15-17-19-21-23-25-27-29-31-33-35-37-41(3,39(43)44)47-48-42(4,40(45)46)38-36-34-32-30-28-26-24-22-20-18-16-14-12-10-8-6-2/h5-38H2,1-4H3,(H,43,44)(H,45,46). The van der Waals surface area contributed by atoms with E-state index in [-0.39, 0.29) is 0 Å². The van der Waals surface area contributed by atoms with Gasteiger partial charge in [0.2, 0.25) is 0 Å². The molecule has 0 radical (unpaired) electrons. The normalized spacial score (nSPS) is 14.2. The van der Waals surface area contributed by atoms with E-state index in [2.05, 4.69) is 13.8 Å². The van der Waals surface area contributed by atoms with E-state index in [1.165, 1.54) is 189 Å². The topological polar surface area (TPSA) is 74.6 Å². The molecule has 0 aliphatic heterocycles. The lowest BCUT2D eigenvalue weighted by atomic mass is 10.0. The monoisotopic (exact) mass is 715 g/mol. The Bertz CT molecular complexity index is 672. The zero-order chi connectivity index (χ0) is 35.6. The van der Waals surface area contributed by atoms with Crippen LogP contribution < -0.4 is 0 Å². The van der Waals surface area contributed by atoms with Gasteiger partial charge in [0.05, 0.1) is 0 Å².